The lowest BCUT2D eigenvalue weighted by molar-refractivity contribution is -0.00878. The van der Waals surface area contributed by atoms with E-state index < -0.39 is 6.10 Å². The van der Waals surface area contributed by atoms with Crippen LogP contribution in [0, 0.1) is 0 Å². The summed E-state index contributed by atoms with van der Waals surface area (Å²) in [6.07, 6.45) is -0.743. The van der Waals surface area contributed by atoms with Gasteiger partial charge in [-0.05, 0) is 25.1 Å². The van der Waals surface area contributed by atoms with Gasteiger partial charge in [-0.15, -0.1) is 0 Å². The highest BCUT2D eigenvalue weighted by atomic mass is 16.5. The van der Waals surface area contributed by atoms with E-state index in [0.29, 0.717) is 43.4 Å². The van der Waals surface area contributed by atoms with Gasteiger partial charge in [0.1, 0.15) is 24.2 Å². The molecule has 0 spiro atoms. The fourth-order valence-corrected chi connectivity index (χ4v) is 2.62. The van der Waals surface area contributed by atoms with E-state index in [1.807, 2.05) is 17.9 Å². The first-order valence-corrected chi connectivity index (χ1v) is 7.24. The maximum absolute atomic E-state index is 10.6. The molecule has 0 aliphatic carbocycles. The van der Waals surface area contributed by atoms with E-state index in [1.54, 1.807) is 12.1 Å². The van der Waals surface area contributed by atoms with Crippen LogP contribution >= 0.6 is 0 Å². The van der Waals surface area contributed by atoms with Gasteiger partial charge in [-0.1, -0.05) is 0 Å². The summed E-state index contributed by atoms with van der Waals surface area (Å²) < 4.78 is 11.1. The van der Waals surface area contributed by atoms with Gasteiger partial charge in [-0.3, -0.25) is 4.90 Å². The summed E-state index contributed by atoms with van der Waals surface area (Å²) in [5.41, 5.74) is 0.679. The first-order valence-electron chi connectivity index (χ1n) is 7.24. The van der Waals surface area contributed by atoms with Crippen LogP contribution in [0.5, 0.6) is 11.5 Å². The first kappa shape index (κ1) is 16.0. The normalized spacial score (nSPS) is 21.0. The quantitative estimate of drug-likeness (QED) is 0.665. The Bertz CT molecular complexity index is 448. The molecule has 2 atom stereocenters. The van der Waals surface area contributed by atoms with Crippen LogP contribution in [0.4, 0.5) is 0 Å². The molecular formula is C15H23NO5. The van der Waals surface area contributed by atoms with Gasteiger partial charge in [-0.25, -0.2) is 0 Å². The van der Waals surface area contributed by atoms with E-state index in [4.69, 9.17) is 19.7 Å². The number of hydrogen-bond acceptors (Lipinski definition) is 6. The number of benzene rings is 1. The summed E-state index contributed by atoms with van der Waals surface area (Å²) in [6, 6.07) is 5.09. The zero-order valence-corrected chi connectivity index (χ0v) is 12.2. The number of nitrogens with zero attached hydrogens (tertiary/aromatic N) is 1. The van der Waals surface area contributed by atoms with Crippen molar-refractivity contribution in [3.05, 3.63) is 23.8 Å². The van der Waals surface area contributed by atoms with Crippen molar-refractivity contribution in [1.29, 1.82) is 0 Å². The van der Waals surface area contributed by atoms with Crippen LogP contribution in [0.15, 0.2) is 18.2 Å². The number of hydrogen-bond donors (Lipinski definition) is 3. The van der Waals surface area contributed by atoms with E-state index in [2.05, 4.69) is 0 Å². The molecule has 1 heterocycles. The highest BCUT2D eigenvalue weighted by Crippen LogP contribution is 2.36. The molecular weight excluding hydrogens is 274 g/mol. The Kier molecular flexibility index (Phi) is 5.81. The molecule has 0 saturated heterocycles. The van der Waals surface area contributed by atoms with Crippen molar-refractivity contribution in [2.45, 2.75) is 19.1 Å². The molecule has 0 fully saturated rings. The minimum atomic E-state index is -0.743. The van der Waals surface area contributed by atoms with Gasteiger partial charge in [0.2, 0.25) is 0 Å². The fourth-order valence-electron chi connectivity index (χ4n) is 2.62. The molecule has 0 amide bonds. The molecule has 2 rings (SSSR count). The Balaban J connectivity index is 2.20. The van der Waals surface area contributed by atoms with Crippen molar-refractivity contribution >= 4 is 0 Å². The molecule has 6 heteroatoms. The molecule has 2 unspecified atom stereocenters. The second-order valence-corrected chi connectivity index (χ2v) is 4.94. The molecule has 1 aromatic rings. The van der Waals surface area contributed by atoms with Crippen molar-refractivity contribution < 1.29 is 24.8 Å². The highest BCUT2D eigenvalue weighted by Gasteiger charge is 2.33. The SMILES string of the molecule is CCOc1ccc2c(c1)C(O)C(N(CCO)CCO)CO2. The second kappa shape index (κ2) is 7.61. The highest BCUT2D eigenvalue weighted by molar-refractivity contribution is 5.43. The van der Waals surface area contributed by atoms with Gasteiger partial charge in [0, 0.05) is 18.7 Å². The average molecular weight is 297 g/mol. The third-order valence-electron chi connectivity index (χ3n) is 3.63. The Morgan fingerprint density at radius 2 is 2.00 bits per heavy atom. The molecule has 1 aliphatic rings. The third kappa shape index (κ3) is 3.65. The molecule has 0 radical (unpaired) electrons. The topological polar surface area (TPSA) is 82.4 Å². The summed E-state index contributed by atoms with van der Waals surface area (Å²) in [6.45, 7) is 3.48. The minimum absolute atomic E-state index is 0.0327. The summed E-state index contributed by atoms with van der Waals surface area (Å²) in [5.74, 6) is 1.34. The maximum Gasteiger partial charge on any atom is 0.125 e. The van der Waals surface area contributed by atoms with Crippen molar-refractivity contribution in [3.63, 3.8) is 0 Å². The molecule has 1 aliphatic heterocycles. The molecule has 6 nitrogen and oxygen atoms in total. The lowest BCUT2D eigenvalue weighted by Crippen LogP contribution is -2.48. The second-order valence-electron chi connectivity index (χ2n) is 4.94. The van der Waals surface area contributed by atoms with Gasteiger partial charge in [0.25, 0.3) is 0 Å². The van der Waals surface area contributed by atoms with Crippen LogP contribution < -0.4 is 9.47 Å². The van der Waals surface area contributed by atoms with Gasteiger partial charge in [-0.2, -0.15) is 0 Å². The fraction of sp³-hybridized carbons (Fsp3) is 0.600. The van der Waals surface area contributed by atoms with Crippen LogP contribution in [-0.2, 0) is 0 Å². The monoisotopic (exact) mass is 297 g/mol. The number of fused-ring (bicyclic) bond motifs is 1. The summed E-state index contributed by atoms with van der Waals surface area (Å²) in [4.78, 5) is 1.83. The maximum atomic E-state index is 10.6. The Hall–Kier alpha value is -1.34. The lowest BCUT2D eigenvalue weighted by atomic mass is 9.97. The van der Waals surface area contributed by atoms with Crippen molar-refractivity contribution in [3.8, 4) is 11.5 Å². The van der Waals surface area contributed by atoms with E-state index in [1.165, 1.54) is 0 Å². The molecule has 0 aromatic heterocycles. The summed E-state index contributed by atoms with van der Waals surface area (Å²) in [5, 5.41) is 28.8. The van der Waals surface area contributed by atoms with Gasteiger partial charge < -0.3 is 24.8 Å². The number of aliphatic hydroxyl groups is 3. The molecule has 21 heavy (non-hydrogen) atoms. The smallest absolute Gasteiger partial charge is 0.125 e. The van der Waals surface area contributed by atoms with Crippen molar-refractivity contribution in [1.82, 2.24) is 4.90 Å². The van der Waals surface area contributed by atoms with Crippen LogP contribution in [0.3, 0.4) is 0 Å². The molecule has 1 aromatic carbocycles. The van der Waals surface area contributed by atoms with Crippen LogP contribution in [0.2, 0.25) is 0 Å². The number of aliphatic hydroxyl groups excluding tert-OH is 3. The zero-order chi connectivity index (χ0) is 15.2. The molecule has 0 saturated carbocycles. The third-order valence-corrected chi connectivity index (χ3v) is 3.63. The van der Waals surface area contributed by atoms with Crippen LogP contribution in [0.25, 0.3) is 0 Å². The molecule has 3 N–H and O–H groups in total. The van der Waals surface area contributed by atoms with Crippen LogP contribution in [0.1, 0.15) is 18.6 Å². The Morgan fingerprint density at radius 3 is 2.62 bits per heavy atom. The van der Waals surface area contributed by atoms with Crippen molar-refractivity contribution in [2.24, 2.45) is 0 Å². The summed E-state index contributed by atoms with van der Waals surface area (Å²) in [7, 11) is 0. The van der Waals surface area contributed by atoms with E-state index in [-0.39, 0.29) is 19.3 Å². The van der Waals surface area contributed by atoms with Crippen molar-refractivity contribution in [2.75, 3.05) is 39.5 Å². The number of ether oxygens (including phenoxy) is 2. The molecule has 0 bridgehead atoms. The predicted molar refractivity (Wildman–Crippen MR) is 77.6 cm³/mol. The predicted octanol–water partition coefficient (Wildman–Crippen LogP) is 0.166. The van der Waals surface area contributed by atoms with Gasteiger partial charge in [0.05, 0.1) is 25.9 Å². The van der Waals surface area contributed by atoms with E-state index in [9.17, 15) is 5.11 Å². The first-order chi connectivity index (χ1) is 10.2. The summed E-state index contributed by atoms with van der Waals surface area (Å²) >= 11 is 0. The number of rotatable bonds is 7. The molecule has 118 valence electrons. The largest absolute Gasteiger partial charge is 0.494 e. The Labute approximate surface area is 124 Å². The minimum Gasteiger partial charge on any atom is -0.494 e. The zero-order valence-electron chi connectivity index (χ0n) is 12.2. The Morgan fingerprint density at radius 1 is 1.29 bits per heavy atom. The van der Waals surface area contributed by atoms with Gasteiger partial charge >= 0.3 is 0 Å². The van der Waals surface area contributed by atoms with Gasteiger partial charge in [0.15, 0.2) is 0 Å². The van der Waals surface area contributed by atoms with Crippen LogP contribution in [-0.4, -0.2) is 65.8 Å². The standard InChI is InChI=1S/C15H23NO5/c1-2-20-11-3-4-14-12(9-11)15(19)13(10-21-14)16(5-7-17)6-8-18/h3-4,9,13,15,17-19H,2,5-8,10H2,1H3. The van der Waals surface area contributed by atoms with E-state index >= 15 is 0 Å². The average Bonchev–Trinajstić information content (AvgIpc) is 2.48. The van der Waals surface area contributed by atoms with E-state index in [0.717, 1.165) is 0 Å². The lowest BCUT2D eigenvalue weighted by Gasteiger charge is -2.37.